The van der Waals surface area contributed by atoms with Crippen molar-refractivity contribution in [2.24, 2.45) is 0 Å². The second-order valence-electron chi connectivity index (χ2n) is 12.6. The van der Waals surface area contributed by atoms with Gasteiger partial charge in [0.25, 0.3) is 11.8 Å². The smallest absolute Gasteiger partial charge is 0.265 e. The van der Waals surface area contributed by atoms with E-state index in [1.165, 1.54) is 18.5 Å². The van der Waals surface area contributed by atoms with Gasteiger partial charge in [0.05, 0.1) is 22.6 Å². The number of para-hydroxylation sites is 1. The molecule has 50 heavy (non-hydrogen) atoms. The average molecular weight is 675 g/mol. The number of ether oxygens (including phenoxy) is 1. The number of hydrogen-bond donors (Lipinski definition) is 2. The number of nitrogens with one attached hydrogen (secondary N) is 1. The molecule has 14 heteroatoms. The maximum absolute atomic E-state index is 15.3. The summed E-state index contributed by atoms with van der Waals surface area (Å²) in [5, 5.41) is 7.82. The molecular weight excluding hydrogens is 643 g/mol. The summed E-state index contributed by atoms with van der Waals surface area (Å²) < 4.78 is 23.2. The highest BCUT2D eigenvalue weighted by Gasteiger charge is 2.46. The normalized spacial score (nSPS) is 18.5. The van der Waals surface area contributed by atoms with E-state index in [0.717, 1.165) is 29.1 Å². The van der Waals surface area contributed by atoms with Gasteiger partial charge in [-0.25, -0.2) is 19.0 Å². The van der Waals surface area contributed by atoms with E-state index in [4.69, 9.17) is 15.6 Å². The van der Waals surface area contributed by atoms with E-state index >= 15 is 4.39 Å². The maximum atomic E-state index is 15.3. The van der Waals surface area contributed by atoms with Crippen LogP contribution in [0.25, 0.3) is 22.3 Å². The molecule has 0 radical (unpaired) electrons. The molecule has 0 bridgehead atoms. The number of carbonyl (C=O) groups excluding carboxylic acids is 4. The van der Waals surface area contributed by atoms with Gasteiger partial charge < -0.3 is 10.5 Å². The topological polar surface area (TPSA) is 166 Å². The molecule has 0 spiro atoms. The number of nitrogen functional groups attached to an aromatic ring is 1. The Morgan fingerprint density at radius 1 is 0.900 bits per heavy atom. The summed E-state index contributed by atoms with van der Waals surface area (Å²) in [6.07, 6.45) is 2.86. The highest BCUT2D eigenvalue weighted by atomic mass is 19.1. The average Bonchev–Trinajstić information content (AvgIpc) is 3.62. The van der Waals surface area contributed by atoms with Gasteiger partial charge in [0.15, 0.2) is 5.65 Å². The van der Waals surface area contributed by atoms with Gasteiger partial charge in [-0.05, 0) is 73.4 Å². The minimum Gasteiger partial charge on any atom is -0.457 e. The van der Waals surface area contributed by atoms with Crippen LogP contribution >= 0.6 is 0 Å². The van der Waals surface area contributed by atoms with Crippen LogP contribution in [-0.4, -0.2) is 72.3 Å². The van der Waals surface area contributed by atoms with Crippen molar-refractivity contribution in [2.75, 3.05) is 18.8 Å². The number of fused-ring (bicyclic) bond motifs is 2. The van der Waals surface area contributed by atoms with Gasteiger partial charge in [0, 0.05) is 31.6 Å². The molecule has 13 nitrogen and oxygen atoms in total. The van der Waals surface area contributed by atoms with Crippen LogP contribution in [0.3, 0.4) is 0 Å². The minimum absolute atomic E-state index is 0.00120. The van der Waals surface area contributed by atoms with E-state index < -0.39 is 35.5 Å². The van der Waals surface area contributed by atoms with Gasteiger partial charge in [-0.15, -0.1) is 0 Å². The second kappa shape index (κ2) is 12.5. The fourth-order valence-electron chi connectivity index (χ4n) is 7.03. The zero-order valence-electron chi connectivity index (χ0n) is 26.7. The van der Waals surface area contributed by atoms with Gasteiger partial charge in [-0.3, -0.25) is 34.3 Å². The number of nitrogens with zero attached hydrogens (tertiary/aromatic N) is 6. The Balaban J connectivity index is 0.977. The van der Waals surface area contributed by atoms with Crippen LogP contribution in [0.1, 0.15) is 58.0 Å². The zero-order valence-corrected chi connectivity index (χ0v) is 26.7. The van der Waals surface area contributed by atoms with E-state index in [0.29, 0.717) is 53.5 Å². The molecule has 1 unspecified atom stereocenters. The Hall–Kier alpha value is -6.02. The van der Waals surface area contributed by atoms with Crippen LogP contribution in [0.2, 0.25) is 0 Å². The summed E-state index contributed by atoms with van der Waals surface area (Å²) in [5.74, 6) is -1.87. The number of amides is 4. The van der Waals surface area contributed by atoms with Gasteiger partial charge >= 0.3 is 0 Å². The van der Waals surface area contributed by atoms with Crippen molar-refractivity contribution in [1.82, 2.24) is 34.9 Å². The van der Waals surface area contributed by atoms with Crippen molar-refractivity contribution < 1.29 is 28.3 Å². The number of anilines is 1. The molecule has 3 aromatic carbocycles. The molecule has 252 valence electrons. The molecular formula is C36H31FN8O5. The SMILES string of the molecule is Nc1ncnc2c1c(-c1ccc(Oc3ccccc3)cc1)nn2C1CCN(Cc2cc(F)c3c(c2)C(=O)N(C2CCC(=O)NC2=O)C3=O)CC1. The monoisotopic (exact) mass is 674 g/mol. The van der Waals surface area contributed by atoms with Gasteiger partial charge in [0.2, 0.25) is 11.8 Å². The minimum atomic E-state index is -1.16. The largest absolute Gasteiger partial charge is 0.457 e. The number of likely N-dealkylation sites (tertiary alicyclic amines) is 1. The van der Waals surface area contributed by atoms with Crippen molar-refractivity contribution in [3.05, 3.63) is 95.6 Å². The molecule has 5 heterocycles. The lowest BCUT2D eigenvalue weighted by Crippen LogP contribution is -2.54. The van der Waals surface area contributed by atoms with Crippen LogP contribution in [-0.2, 0) is 16.1 Å². The van der Waals surface area contributed by atoms with Crippen LogP contribution in [0.5, 0.6) is 11.5 Å². The fourth-order valence-corrected chi connectivity index (χ4v) is 7.03. The van der Waals surface area contributed by atoms with Crippen LogP contribution < -0.4 is 15.8 Å². The first-order chi connectivity index (χ1) is 24.2. The van der Waals surface area contributed by atoms with Crippen LogP contribution in [0.15, 0.2) is 73.1 Å². The molecule has 8 rings (SSSR count). The van der Waals surface area contributed by atoms with Crippen molar-refractivity contribution in [3.8, 4) is 22.8 Å². The predicted octanol–water partition coefficient (Wildman–Crippen LogP) is 4.25. The van der Waals surface area contributed by atoms with Crippen molar-refractivity contribution in [3.63, 3.8) is 0 Å². The lowest BCUT2D eigenvalue weighted by Gasteiger charge is -2.32. The van der Waals surface area contributed by atoms with Crippen molar-refractivity contribution in [2.45, 2.75) is 44.3 Å². The Morgan fingerprint density at radius 3 is 2.38 bits per heavy atom. The van der Waals surface area contributed by atoms with E-state index in [9.17, 15) is 19.2 Å². The second-order valence-corrected chi connectivity index (χ2v) is 12.6. The third kappa shape index (κ3) is 5.52. The molecule has 2 fully saturated rings. The standard InChI is InChI=1S/C36H31FN8O5/c37-26-17-20(16-25-29(26)36(49)44(35(25)48)27-10-11-28(46)41-34(27)47)18-43-14-12-22(13-15-43)45-33-30(32(38)39-19-40-33)31(42-45)21-6-8-24(9-7-21)50-23-4-2-1-3-5-23/h1-9,16-17,19,22,27H,10-15,18H2,(H2,38,39,40)(H,41,46,47). The molecule has 2 aromatic heterocycles. The summed E-state index contributed by atoms with van der Waals surface area (Å²) in [5.41, 5.74) is 8.64. The summed E-state index contributed by atoms with van der Waals surface area (Å²) in [6, 6.07) is 18.8. The Bertz CT molecular complexity index is 2180. The molecule has 3 aliphatic heterocycles. The van der Waals surface area contributed by atoms with Crippen molar-refractivity contribution >= 4 is 40.5 Å². The number of rotatable bonds is 7. The molecule has 3 aliphatic rings. The number of nitrogens with two attached hydrogens (primary N) is 1. The van der Waals surface area contributed by atoms with E-state index in [-0.39, 0.29) is 30.0 Å². The first-order valence-electron chi connectivity index (χ1n) is 16.3. The molecule has 5 aromatic rings. The molecule has 4 amide bonds. The van der Waals surface area contributed by atoms with E-state index in [2.05, 4.69) is 20.2 Å². The van der Waals surface area contributed by atoms with Crippen LogP contribution in [0.4, 0.5) is 10.2 Å². The highest BCUT2D eigenvalue weighted by Crippen LogP contribution is 2.36. The summed E-state index contributed by atoms with van der Waals surface area (Å²) in [4.78, 5) is 62.1. The number of hydrogen-bond acceptors (Lipinski definition) is 10. The molecule has 0 aliphatic carbocycles. The van der Waals surface area contributed by atoms with E-state index in [1.54, 1.807) is 0 Å². The van der Waals surface area contributed by atoms with Gasteiger partial charge in [0.1, 0.15) is 41.2 Å². The first-order valence-corrected chi connectivity index (χ1v) is 16.3. The molecule has 1 atom stereocenters. The third-order valence-electron chi connectivity index (χ3n) is 9.49. The highest BCUT2D eigenvalue weighted by molar-refractivity contribution is 6.23. The Morgan fingerprint density at radius 2 is 1.64 bits per heavy atom. The molecule has 0 saturated carbocycles. The number of aromatic nitrogens is 4. The van der Waals surface area contributed by atoms with Gasteiger partial charge in [-0.2, -0.15) is 5.10 Å². The van der Waals surface area contributed by atoms with E-state index in [1.807, 2.05) is 59.3 Å². The van der Waals surface area contributed by atoms with Gasteiger partial charge in [-0.1, -0.05) is 18.2 Å². The van der Waals surface area contributed by atoms with Crippen LogP contribution in [0, 0.1) is 5.82 Å². The Labute approximate surface area is 284 Å². The number of benzene rings is 3. The lowest BCUT2D eigenvalue weighted by molar-refractivity contribution is -0.136. The predicted molar refractivity (Wildman–Crippen MR) is 178 cm³/mol. The summed E-state index contributed by atoms with van der Waals surface area (Å²) in [7, 11) is 0. The zero-order chi connectivity index (χ0) is 34.5. The quantitative estimate of drug-likeness (QED) is 0.239. The Kier molecular flexibility index (Phi) is 7.79. The third-order valence-corrected chi connectivity index (χ3v) is 9.49. The number of imide groups is 2. The summed E-state index contributed by atoms with van der Waals surface area (Å²) in [6.45, 7) is 1.66. The molecule has 3 N–H and O–H groups in total. The maximum Gasteiger partial charge on any atom is 0.265 e. The first kappa shape index (κ1) is 31.3. The fraction of sp³-hybridized carbons (Fsp3) is 0.250. The number of halogens is 1. The number of piperidine rings is 2. The number of carbonyl (C=O) groups is 4. The lowest BCUT2D eigenvalue weighted by atomic mass is 10.0. The van der Waals surface area contributed by atoms with Crippen molar-refractivity contribution in [1.29, 1.82) is 0 Å². The summed E-state index contributed by atoms with van der Waals surface area (Å²) >= 11 is 0. The molecule has 2 saturated heterocycles.